The van der Waals surface area contributed by atoms with Crippen molar-refractivity contribution in [2.24, 2.45) is 0 Å². The van der Waals surface area contributed by atoms with E-state index in [4.69, 9.17) is 0 Å². The van der Waals surface area contributed by atoms with Crippen LogP contribution in [0.25, 0.3) is 0 Å². The third kappa shape index (κ3) is 4.99. The maximum Gasteiger partial charge on any atom is 0.123 e. The number of hydrogen-bond donors (Lipinski definition) is 0. The van der Waals surface area contributed by atoms with E-state index in [1.54, 1.807) is 12.1 Å². The normalized spacial score (nSPS) is 7.75. The van der Waals surface area contributed by atoms with Crippen molar-refractivity contribution in [3.8, 4) is 0 Å². The number of halogens is 2. The third-order valence-corrected chi connectivity index (χ3v) is 1.24. The predicted octanol–water partition coefficient (Wildman–Crippen LogP) is -0.641. The molecule has 0 unspecified atom stereocenters. The van der Waals surface area contributed by atoms with Crippen LogP contribution in [0.5, 0.6) is 0 Å². The molecule has 61 valence electrons. The van der Waals surface area contributed by atoms with Gasteiger partial charge < -0.3 is 24.0 Å². The van der Waals surface area contributed by atoms with Gasteiger partial charge >= 0.3 is 0 Å². The average Bonchev–Trinajstić information content (AvgIpc) is 1.95. The van der Waals surface area contributed by atoms with Gasteiger partial charge in [-0.3, -0.25) is 0 Å². The molecule has 0 N–H and O–H groups in total. The van der Waals surface area contributed by atoms with Crippen LogP contribution in [0.2, 0.25) is 0 Å². The van der Waals surface area contributed by atoms with Gasteiger partial charge in [-0.05, 0) is 30.2 Å². The van der Waals surface area contributed by atoms with Gasteiger partial charge in [-0.2, -0.15) is 0 Å². The largest absolute Gasteiger partial charge is 1.00 e. The van der Waals surface area contributed by atoms with Crippen LogP contribution in [0, 0.1) is 11.9 Å². The fourth-order valence-electron chi connectivity index (χ4n) is 0.747. The van der Waals surface area contributed by atoms with Crippen LogP contribution in [0.3, 0.4) is 0 Å². The molecular formula is C9H8FIZn-. The molecule has 1 rings (SSSR count). The first-order valence-electron chi connectivity index (χ1n) is 3.07. The fourth-order valence-corrected chi connectivity index (χ4v) is 0.747. The second-order valence-corrected chi connectivity index (χ2v) is 2.05. The summed E-state index contributed by atoms with van der Waals surface area (Å²) >= 11 is 0. The first-order chi connectivity index (χ1) is 4.83. The molecule has 12 heavy (non-hydrogen) atoms. The average molecular weight is 327 g/mol. The van der Waals surface area contributed by atoms with E-state index < -0.39 is 0 Å². The molecule has 0 atom stereocenters. The molecule has 0 aliphatic heterocycles. The molecule has 0 fully saturated rings. The van der Waals surface area contributed by atoms with Crippen molar-refractivity contribution in [1.82, 2.24) is 0 Å². The molecule has 1 aromatic rings. The molecule has 1 radical (unpaired) electrons. The summed E-state index contributed by atoms with van der Waals surface area (Å²) in [4.78, 5) is 0. The molecule has 3 heteroatoms. The SMILES string of the molecule is C=[C]Cc1ccc(F)cc1.[I-].[Zn]. The Labute approximate surface area is 102 Å². The van der Waals surface area contributed by atoms with E-state index in [1.165, 1.54) is 12.1 Å². The molecule has 0 aliphatic carbocycles. The minimum atomic E-state index is -0.201. The standard InChI is InChI=1S/C9H8F.HI.Zn/c1-2-3-8-4-6-9(10)7-5-8;;/h4-7H,1,3H2;1H;/p-1. The Morgan fingerprint density at radius 3 is 2.17 bits per heavy atom. The van der Waals surface area contributed by atoms with Gasteiger partial charge in [0.15, 0.2) is 0 Å². The zero-order valence-electron chi connectivity index (χ0n) is 6.69. The summed E-state index contributed by atoms with van der Waals surface area (Å²) in [6.45, 7) is 3.46. The molecular weight excluding hydrogens is 319 g/mol. The first-order valence-corrected chi connectivity index (χ1v) is 3.07. The molecule has 0 amide bonds. The minimum Gasteiger partial charge on any atom is -1.00 e. The molecule has 0 aliphatic rings. The summed E-state index contributed by atoms with van der Waals surface area (Å²) in [7, 11) is 0. The van der Waals surface area contributed by atoms with Crippen LogP contribution in [0.1, 0.15) is 5.56 Å². The van der Waals surface area contributed by atoms with Crippen LogP contribution in [-0.4, -0.2) is 0 Å². The molecule has 0 bridgehead atoms. The molecule has 0 aromatic heterocycles. The molecule has 0 saturated carbocycles. The Kier molecular flexibility index (Phi) is 9.67. The van der Waals surface area contributed by atoms with E-state index in [1.807, 2.05) is 0 Å². The van der Waals surface area contributed by atoms with Crippen LogP contribution in [-0.2, 0) is 25.9 Å². The van der Waals surface area contributed by atoms with Crippen molar-refractivity contribution in [1.29, 1.82) is 0 Å². The summed E-state index contributed by atoms with van der Waals surface area (Å²) in [6.07, 6.45) is 3.41. The second-order valence-electron chi connectivity index (χ2n) is 2.05. The van der Waals surface area contributed by atoms with E-state index in [0.717, 1.165) is 5.56 Å². The smallest absolute Gasteiger partial charge is 0.123 e. The second kappa shape index (κ2) is 7.87. The van der Waals surface area contributed by atoms with Gasteiger partial charge in [-0.1, -0.05) is 18.7 Å². The van der Waals surface area contributed by atoms with Crippen LogP contribution in [0.4, 0.5) is 4.39 Å². The van der Waals surface area contributed by atoms with Gasteiger partial charge in [-0.15, -0.1) is 0 Å². The third-order valence-electron chi connectivity index (χ3n) is 1.24. The summed E-state index contributed by atoms with van der Waals surface area (Å²) in [5.41, 5.74) is 1.04. The first kappa shape index (κ1) is 14.8. The molecule has 0 heterocycles. The molecule has 1 aromatic carbocycles. The summed E-state index contributed by atoms with van der Waals surface area (Å²) in [5, 5.41) is 0. The van der Waals surface area contributed by atoms with E-state index in [2.05, 4.69) is 12.7 Å². The maximum absolute atomic E-state index is 12.3. The summed E-state index contributed by atoms with van der Waals surface area (Å²) < 4.78 is 12.3. The van der Waals surface area contributed by atoms with Crippen molar-refractivity contribution < 1.29 is 47.8 Å². The van der Waals surface area contributed by atoms with E-state index in [9.17, 15) is 4.39 Å². The number of benzene rings is 1. The predicted molar refractivity (Wildman–Crippen MR) is 39.0 cm³/mol. The van der Waals surface area contributed by atoms with E-state index in [0.29, 0.717) is 6.42 Å². The molecule has 0 saturated heterocycles. The Morgan fingerprint density at radius 2 is 1.75 bits per heavy atom. The van der Waals surface area contributed by atoms with Crippen molar-refractivity contribution in [2.45, 2.75) is 6.42 Å². The molecule has 0 spiro atoms. The van der Waals surface area contributed by atoms with E-state index in [-0.39, 0.29) is 49.3 Å². The van der Waals surface area contributed by atoms with Gasteiger partial charge in [0.25, 0.3) is 0 Å². The van der Waals surface area contributed by atoms with Gasteiger partial charge in [0, 0.05) is 19.5 Å². The van der Waals surface area contributed by atoms with Crippen LogP contribution < -0.4 is 24.0 Å². The van der Waals surface area contributed by atoms with Crippen LogP contribution >= 0.6 is 0 Å². The van der Waals surface area contributed by atoms with Crippen molar-refractivity contribution in [2.75, 3.05) is 0 Å². The quantitative estimate of drug-likeness (QED) is 0.501. The van der Waals surface area contributed by atoms with Gasteiger partial charge in [0.2, 0.25) is 0 Å². The Hall–Kier alpha value is 0.243. The zero-order valence-corrected chi connectivity index (χ0v) is 11.8. The van der Waals surface area contributed by atoms with Crippen LogP contribution in [0.15, 0.2) is 30.8 Å². The zero-order chi connectivity index (χ0) is 7.40. The Morgan fingerprint density at radius 1 is 1.25 bits per heavy atom. The fraction of sp³-hybridized carbons (Fsp3) is 0.111. The van der Waals surface area contributed by atoms with Gasteiger partial charge in [0.1, 0.15) is 5.82 Å². The Bertz CT molecular complexity index is 220. The summed E-state index contributed by atoms with van der Waals surface area (Å²) in [5.74, 6) is -0.201. The minimum absolute atomic E-state index is 0. The van der Waals surface area contributed by atoms with Crippen molar-refractivity contribution >= 4 is 0 Å². The topological polar surface area (TPSA) is 0 Å². The molecule has 0 nitrogen and oxygen atoms in total. The van der Waals surface area contributed by atoms with E-state index >= 15 is 0 Å². The number of rotatable bonds is 2. The summed E-state index contributed by atoms with van der Waals surface area (Å²) in [6, 6.07) is 6.33. The van der Waals surface area contributed by atoms with Gasteiger partial charge in [-0.25, -0.2) is 4.39 Å². The Balaban J connectivity index is 0. The monoisotopic (exact) mass is 326 g/mol. The van der Waals surface area contributed by atoms with Crippen molar-refractivity contribution in [3.05, 3.63) is 48.3 Å². The van der Waals surface area contributed by atoms with Gasteiger partial charge in [0.05, 0.1) is 0 Å². The number of allylic oxidation sites excluding steroid dienone is 1. The van der Waals surface area contributed by atoms with Crippen molar-refractivity contribution in [3.63, 3.8) is 0 Å². The number of hydrogen-bond acceptors (Lipinski definition) is 0. The maximum atomic E-state index is 12.3.